The zero-order valence-corrected chi connectivity index (χ0v) is 12.9. The van der Waals surface area contributed by atoms with Crippen molar-refractivity contribution in [3.8, 4) is 5.75 Å². The van der Waals surface area contributed by atoms with Gasteiger partial charge in [-0.15, -0.1) is 5.10 Å². The van der Waals surface area contributed by atoms with E-state index in [9.17, 15) is 0 Å². The molecule has 0 atom stereocenters. The van der Waals surface area contributed by atoms with Crippen LogP contribution in [0.3, 0.4) is 0 Å². The van der Waals surface area contributed by atoms with E-state index in [4.69, 9.17) is 4.74 Å². The molecule has 18 heavy (non-hydrogen) atoms. The lowest BCUT2D eigenvalue weighted by atomic mass is 10.3. The molecule has 0 fully saturated rings. The second-order valence-corrected chi connectivity index (χ2v) is 5.43. The van der Waals surface area contributed by atoms with Gasteiger partial charge in [-0.1, -0.05) is 43.1 Å². The zero-order chi connectivity index (χ0) is 12.8. The predicted octanol–water partition coefficient (Wildman–Crippen LogP) is 3.06. The van der Waals surface area contributed by atoms with Crippen LogP contribution < -0.4 is 4.74 Å². The molecule has 0 radical (unpaired) electrons. The molecule has 1 aromatic heterocycles. The minimum atomic E-state index is 0.577. The van der Waals surface area contributed by atoms with Crippen LogP contribution in [0.1, 0.15) is 5.69 Å². The fourth-order valence-corrected chi connectivity index (χ4v) is 2.26. The molecule has 2 rings (SSSR count). The van der Waals surface area contributed by atoms with Crippen molar-refractivity contribution in [2.45, 2.75) is 13.0 Å². The molecule has 1 heterocycles. The number of aromatic nitrogens is 3. The van der Waals surface area contributed by atoms with Gasteiger partial charge in [-0.2, -0.15) is 0 Å². The molecule has 0 unspecified atom stereocenters. The number of halogens is 2. The molecule has 0 amide bonds. The van der Waals surface area contributed by atoms with Crippen LogP contribution in [0.25, 0.3) is 0 Å². The summed E-state index contributed by atoms with van der Waals surface area (Å²) < 4.78 is 8.45. The van der Waals surface area contributed by atoms with E-state index in [1.165, 1.54) is 0 Å². The van der Waals surface area contributed by atoms with Gasteiger partial charge in [0.2, 0.25) is 0 Å². The molecule has 0 aliphatic carbocycles. The number of ether oxygens (including phenoxy) is 1. The quantitative estimate of drug-likeness (QED) is 0.729. The fraction of sp³-hybridized carbons (Fsp3) is 0.333. The SMILES string of the molecule is BrCCc1cn(CCOc2cccc(Br)c2)nn1. The molecule has 1 aromatic carbocycles. The number of nitrogens with zero attached hydrogens (tertiary/aromatic N) is 3. The van der Waals surface area contributed by atoms with Gasteiger partial charge in [0.25, 0.3) is 0 Å². The van der Waals surface area contributed by atoms with E-state index in [2.05, 4.69) is 42.2 Å². The lowest BCUT2D eigenvalue weighted by Gasteiger charge is -2.05. The minimum absolute atomic E-state index is 0.577. The number of hydrogen-bond donors (Lipinski definition) is 0. The number of rotatable bonds is 6. The van der Waals surface area contributed by atoms with Crippen LogP contribution in [-0.2, 0) is 13.0 Å². The second-order valence-electron chi connectivity index (χ2n) is 3.72. The van der Waals surface area contributed by atoms with E-state index in [-0.39, 0.29) is 0 Å². The zero-order valence-electron chi connectivity index (χ0n) is 9.72. The third-order valence-corrected chi connectivity index (χ3v) is 3.21. The first-order valence-electron chi connectivity index (χ1n) is 5.61. The van der Waals surface area contributed by atoms with Crippen LogP contribution >= 0.6 is 31.9 Å². The van der Waals surface area contributed by atoms with Gasteiger partial charge >= 0.3 is 0 Å². The lowest BCUT2D eigenvalue weighted by Crippen LogP contribution is -2.08. The second kappa shape index (κ2) is 6.89. The topological polar surface area (TPSA) is 39.9 Å². The molecule has 0 spiro atoms. The van der Waals surface area contributed by atoms with Crippen LogP contribution in [0.4, 0.5) is 0 Å². The maximum atomic E-state index is 5.63. The summed E-state index contributed by atoms with van der Waals surface area (Å²) in [6.07, 6.45) is 2.85. The molecule has 0 aliphatic rings. The molecule has 0 aliphatic heterocycles. The predicted molar refractivity (Wildman–Crippen MR) is 77.2 cm³/mol. The maximum absolute atomic E-state index is 5.63. The molecular formula is C12H13Br2N3O. The van der Waals surface area contributed by atoms with Gasteiger partial charge < -0.3 is 4.74 Å². The standard InChI is InChI=1S/C12H13Br2N3O/c13-5-4-11-9-17(16-15-11)6-7-18-12-3-1-2-10(14)8-12/h1-3,8-9H,4-7H2. The summed E-state index contributed by atoms with van der Waals surface area (Å²) in [6.45, 7) is 1.27. The van der Waals surface area contributed by atoms with Gasteiger partial charge in [0.15, 0.2) is 0 Å². The Morgan fingerprint density at radius 2 is 2.22 bits per heavy atom. The normalized spacial score (nSPS) is 10.6. The van der Waals surface area contributed by atoms with Crippen LogP contribution in [0.15, 0.2) is 34.9 Å². The molecule has 6 heteroatoms. The Balaban J connectivity index is 1.81. The Labute approximate surface area is 123 Å². The van der Waals surface area contributed by atoms with Crippen molar-refractivity contribution in [3.63, 3.8) is 0 Å². The summed E-state index contributed by atoms with van der Waals surface area (Å²) in [5, 5.41) is 9.01. The number of benzene rings is 1. The fourth-order valence-electron chi connectivity index (χ4n) is 1.47. The first-order valence-corrected chi connectivity index (χ1v) is 7.53. The third-order valence-electron chi connectivity index (χ3n) is 2.32. The maximum Gasteiger partial charge on any atom is 0.120 e. The van der Waals surface area contributed by atoms with Crippen molar-refractivity contribution in [3.05, 3.63) is 40.6 Å². The van der Waals surface area contributed by atoms with Crippen molar-refractivity contribution in [1.29, 1.82) is 0 Å². The van der Waals surface area contributed by atoms with E-state index in [1.54, 1.807) is 4.68 Å². The lowest BCUT2D eigenvalue weighted by molar-refractivity contribution is 0.289. The van der Waals surface area contributed by atoms with Crippen molar-refractivity contribution in [1.82, 2.24) is 15.0 Å². The van der Waals surface area contributed by atoms with Crippen molar-refractivity contribution in [2.75, 3.05) is 11.9 Å². The summed E-state index contributed by atoms with van der Waals surface area (Å²) in [6, 6.07) is 7.79. The highest BCUT2D eigenvalue weighted by Crippen LogP contribution is 2.17. The van der Waals surface area contributed by atoms with Crippen LogP contribution in [0, 0.1) is 0 Å². The summed E-state index contributed by atoms with van der Waals surface area (Å²) in [4.78, 5) is 0. The molecule has 96 valence electrons. The molecule has 0 saturated heterocycles. The summed E-state index contributed by atoms with van der Waals surface area (Å²) >= 11 is 6.79. The smallest absolute Gasteiger partial charge is 0.120 e. The molecule has 2 aromatic rings. The minimum Gasteiger partial charge on any atom is -0.492 e. The molecule has 0 bridgehead atoms. The van der Waals surface area contributed by atoms with E-state index < -0.39 is 0 Å². The molecular weight excluding hydrogens is 362 g/mol. The summed E-state index contributed by atoms with van der Waals surface area (Å²) in [5.41, 5.74) is 0.995. The van der Waals surface area contributed by atoms with E-state index >= 15 is 0 Å². The number of aryl methyl sites for hydroxylation is 1. The van der Waals surface area contributed by atoms with Gasteiger partial charge in [0.05, 0.1) is 12.2 Å². The van der Waals surface area contributed by atoms with Crippen LogP contribution in [0.2, 0.25) is 0 Å². The Hall–Kier alpha value is -0.880. The Bertz CT molecular complexity index is 502. The van der Waals surface area contributed by atoms with Gasteiger partial charge in [-0.3, -0.25) is 0 Å². The number of hydrogen-bond acceptors (Lipinski definition) is 3. The van der Waals surface area contributed by atoms with E-state index in [0.29, 0.717) is 13.2 Å². The van der Waals surface area contributed by atoms with Crippen LogP contribution in [0.5, 0.6) is 5.75 Å². The highest BCUT2D eigenvalue weighted by molar-refractivity contribution is 9.10. The van der Waals surface area contributed by atoms with Gasteiger partial charge in [-0.25, -0.2) is 4.68 Å². The van der Waals surface area contributed by atoms with Gasteiger partial charge in [-0.05, 0) is 18.2 Å². The Kier molecular flexibility index (Phi) is 5.19. The Morgan fingerprint density at radius 1 is 1.33 bits per heavy atom. The highest BCUT2D eigenvalue weighted by atomic mass is 79.9. The van der Waals surface area contributed by atoms with Crippen molar-refractivity contribution >= 4 is 31.9 Å². The molecule has 0 N–H and O–H groups in total. The van der Waals surface area contributed by atoms with E-state index in [0.717, 1.165) is 27.7 Å². The van der Waals surface area contributed by atoms with Crippen molar-refractivity contribution in [2.24, 2.45) is 0 Å². The summed E-state index contributed by atoms with van der Waals surface area (Å²) in [5.74, 6) is 0.852. The first kappa shape index (κ1) is 13.5. The highest BCUT2D eigenvalue weighted by Gasteiger charge is 2.00. The average molecular weight is 375 g/mol. The van der Waals surface area contributed by atoms with Gasteiger partial charge in [0, 0.05) is 22.4 Å². The third kappa shape index (κ3) is 4.10. The Morgan fingerprint density at radius 3 is 3.00 bits per heavy atom. The average Bonchev–Trinajstić information content (AvgIpc) is 2.78. The molecule has 4 nitrogen and oxygen atoms in total. The monoisotopic (exact) mass is 373 g/mol. The van der Waals surface area contributed by atoms with Crippen LogP contribution in [-0.4, -0.2) is 26.9 Å². The first-order chi connectivity index (χ1) is 8.78. The summed E-state index contributed by atoms with van der Waals surface area (Å²) in [7, 11) is 0. The molecule has 0 saturated carbocycles. The largest absolute Gasteiger partial charge is 0.492 e. The van der Waals surface area contributed by atoms with Crippen molar-refractivity contribution < 1.29 is 4.74 Å². The van der Waals surface area contributed by atoms with E-state index in [1.807, 2.05) is 30.5 Å². The number of alkyl halides is 1. The van der Waals surface area contributed by atoms with Gasteiger partial charge in [0.1, 0.15) is 12.4 Å².